The van der Waals surface area contributed by atoms with Crippen molar-refractivity contribution in [3.8, 4) is 5.75 Å². The Morgan fingerprint density at radius 3 is 2.54 bits per heavy atom. The quantitative estimate of drug-likeness (QED) is 0.611. The minimum atomic E-state index is -1.08. The van der Waals surface area contributed by atoms with Crippen LogP contribution in [0.15, 0.2) is 33.5 Å². The van der Waals surface area contributed by atoms with Crippen molar-refractivity contribution in [2.45, 2.75) is 51.9 Å². The predicted molar refractivity (Wildman–Crippen MR) is 91.9 cm³/mol. The van der Waals surface area contributed by atoms with Crippen LogP contribution in [0, 0.1) is 0 Å². The summed E-state index contributed by atoms with van der Waals surface area (Å²) in [5.74, 6) is -0.497. The van der Waals surface area contributed by atoms with Gasteiger partial charge < -0.3 is 18.6 Å². The molecule has 0 fully saturated rings. The Hall–Kier alpha value is -2.83. The van der Waals surface area contributed by atoms with Gasteiger partial charge in [-0.05, 0) is 32.0 Å². The lowest BCUT2D eigenvalue weighted by Crippen LogP contribution is -2.46. The Morgan fingerprint density at radius 2 is 1.88 bits per heavy atom. The summed E-state index contributed by atoms with van der Waals surface area (Å²) in [5, 5.41) is 0.676. The minimum Gasteiger partial charge on any atom is -0.481 e. The van der Waals surface area contributed by atoms with Gasteiger partial charge in [0.25, 0.3) is 0 Å². The molecule has 2 heterocycles. The SMILES string of the molecule is CCC(=O)OC1c2c(ccc3ccc(=O)oc23)OC1C(C)(C)OC(C)=O. The summed E-state index contributed by atoms with van der Waals surface area (Å²) in [6.07, 6.45) is -1.49. The fraction of sp³-hybridized carbons (Fsp3) is 0.421. The third-order valence-electron chi connectivity index (χ3n) is 4.24. The van der Waals surface area contributed by atoms with Crippen molar-refractivity contribution in [3.63, 3.8) is 0 Å². The first-order chi connectivity index (χ1) is 12.2. The summed E-state index contributed by atoms with van der Waals surface area (Å²) in [6, 6.07) is 6.41. The zero-order valence-corrected chi connectivity index (χ0v) is 15.0. The second kappa shape index (κ2) is 6.48. The minimum absolute atomic E-state index is 0.168. The molecule has 0 aliphatic carbocycles. The van der Waals surface area contributed by atoms with Gasteiger partial charge in [0.1, 0.15) is 16.9 Å². The standard InChI is InChI=1S/C19H20O7/c1-5-13(21)24-17-15-12(23-18(17)19(3,4)26-10(2)20)8-6-11-7-9-14(22)25-16(11)15/h6-9,17-18H,5H2,1-4H3. The van der Waals surface area contributed by atoms with E-state index < -0.39 is 35.4 Å². The lowest BCUT2D eigenvalue weighted by molar-refractivity contribution is -0.175. The summed E-state index contributed by atoms with van der Waals surface area (Å²) < 4.78 is 22.3. The van der Waals surface area contributed by atoms with E-state index in [4.69, 9.17) is 18.6 Å². The van der Waals surface area contributed by atoms with E-state index in [-0.39, 0.29) is 6.42 Å². The van der Waals surface area contributed by atoms with Crippen LogP contribution in [0.2, 0.25) is 0 Å². The molecule has 7 nitrogen and oxygen atoms in total. The number of hydrogen-bond acceptors (Lipinski definition) is 7. The van der Waals surface area contributed by atoms with Gasteiger partial charge >= 0.3 is 17.6 Å². The van der Waals surface area contributed by atoms with E-state index in [1.54, 1.807) is 39.0 Å². The molecular weight excluding hydrogens is 340 g/mol. The molecule has 138 valence electrons. The monoisotopic (exact) mass is 360 g/mol. The lowest BCUT2D eigenvalue weighted by atomic mass is 9.93. The smallest absolute Gasteiger partial charge is 0.336 e. The Balaban J connectivity index is 2.15. The first-order valence-corrected chi connectivity index (χ1v) is 8.35. The van der Waals surface area contributed by atoms with Gasteiger partial charge in [0, 0.05) is 24.8 Å². The topological polar surface area (TPSA) is 92.0 Å². The highest BCUT2D eigenvalue weighted by Gasteiger charge is 2.49. The van der Waals surface area contributed by atoms with Crippen LogP contribution in [0.4, 0.5) is 0 Å². The molecule has 0 amide bonds. The highest BCUT2D eigenvalue weighted by Crippen LogP contribution is 2.47. The average molecular weight is 360 g/mol. The van der Waals surface area contributed by atoms with E-state index in [0.29, 0.717) is 22.3 Å². The van der Waals surface area contributed by atoms with Crippen LogP contribution in [0.5, 0.6) is 5.75 Å². The number of carbonyl (C=O) groups is 2. The molecule has 1 aromatic heterocycles. The normalized spacial score (nSPS) is 18.9. The Labute approximate surface area is 149 Å². The summed E-state index contributed by atoms with van der Waals surface area (Å²) in [7, 11) is 0. The van der Waals surface area contributed by atoms with Crippen LogP contribution in [0.3, 0.4) is 0 Å². The highest BCUT2D eigenvalue weighted by atomic mass is 16.6. The largest absolute Gasteiger partial charge is 0.481 e. The van der Waals surface area contributed by atoms with E-state index >= 15 is 0 Å². The van der Waals surface area contributed by atoms with Crippen molar-refractivity contribution >= 4 is 22.9 Å². The van der Waals surface area contributed by atoms with Crippen LogP contribution < -0.4 is 10.4 Å². The van der Waals surface area contributed by atoms with Gasteiger partial charge in [-0.1, -0.05) is 6.92 Å². The number of esters is 2. The van der Waals surface area contributed by atoms with E-state index in [2.05, 4.69) is 0 Å². The molecule has 2 unspecified atom stereocenters. The molecule has 0 spiro atoms. The summed E-state index contributed by atoms with van der Waals surface area (Å²) in [4.78, 5) is 35.2. The van der Waals surface area contributed by atoms with Crippen LogP contribution in [0.25, 0.3) is 11.0 Å². The maximum absolute atomic E-state index is 12.0. The molecule has 3 rings (SSSR count). The summed E-state index contributed by atoms with van der Waals surface area (Å²) in [5.41, 5.74) is -0.836. The highest BCUT2D eigenvalue weighted by molar-refractivity contribution is 5.84. The van der Waals surface area contributed by atoms with Crippen molar-refractivity contribution in [2.24, 2.45) is 0 Å². The number of ether oxygens (including phenoxy) is 3. The average Bonchev–Trinajstić information content (AvgIpc) is 2.93. The molecule has 0 radical (unpaired) electrons. The van der Waals surface area contributed by atoms with Gasteiger partial charge in [-0.15, -0.1) is 0 Å². The van der Waals surface area contributed by atoms with Crippen LogP contribution in [-0.2, 0) is 19.1 Å². The van der Waals surface area contributed by atoms with Crippen molar-refractivity contribution in [1.29, 1.82) is 0 Å². The van der Waals surface area contributed by atoms with Gasteiger partial charge in [-0.2, -0.15) is 0 Å². The Bertz CT molecular complexity index is 925. The molecule has 7 heteroatoms. The molecule has 2 atom stereocenters. The van der Waals surface area contributed by atoms with Crippen molar-refractivity contribution < 1.29 is 28.2 Å². The molecular formula is C19H20O7. The molecule has 0 saturated heterocycles. The lowest BCUT2D eigenvalue weighted by Gasteiger charge is -2.33. The molecule has 1 aliphatic heterocycles. The molecule has 26 heavy (non-hydrogen) atoms. The number of benzene rings is 1. The third kappa shape index (κ3) is 3.16. The summed E-state index contributed by atoms with van der Waals surface area (Å²) >= 11 is 0. The molecule has 0 saturated carbocycles. The van der Waals surface area contributed by atoms with E-state index in [9.17, 15) is 14.4 Å². The van der Waals surface area contributed by atoms with Crippen molar-refractivity contribution in [1.82, 2.24) is 0 Å². The Kier molecular flexibility index (Phi) is 4.48. The van der Waals surface area contributed by atoms with Crippen LogP contribution in [-0.4, -0.2) is 23.6 Å². The number of carbonyl (C=O) groups excluding carboxylic acids is 2. The van der Waals surface area contributed by atoms with Crippen LogP contribution in [0.1, 0.15) is 45.8 Å². The maximum Gasteiger partial charge on any atom is 0.336 e. The third-order valence-corrected chi connectivity index (χ3v) is 4.24. The van der Waals surface area contributed by atoms with Gasteiger partial charge in [0.2, 0.25) is 0 Å². The maximum atomic E-state index is 12.0. The fourth-order valence-electron chi connectivity index (χ4n) is 3.14. The van der Waals surface area contributed by atoms with E-state index in [1.165, 1.54) is 13.0 Å². The van der Waals surface area contributed by atoms with Crippen molar-refractivity contribution in [3.05, 3.63) is 40.2 Å². The summed E-state index contributed by atoms with van der Waals surface area (Å²) in [6.45, 7) is 6.33. The van der Waals surface area contributed by atoms with Gasteiger partial charge in [-0.3, -0.25) is 9.59 Å². The van der Waals surface area contributed by atoms with Gasteiger partial charge in [0.05, 0.1) is 5.56 Å². The first kappa shape index (κ1) is 18.0. The Morgan fingerprint density at radius 1 is 1.19 bits per heavy atom. The number of rotatable bonds is 4. The zero-order chi connectivity index (χ0) is 19.1. The number of fused-ring (bicyclic) bond motifs is 3. The van der Waals surface area contributed by atoms with Crippen molar-refractivity contribution in [2.75, 3.05) is 0 Å². The molecule has 2 aromatic rings. The fourth-order valence-corrected chi connectivity index (χ4v) is 3.14. The van der Waals surface area contributed by atoms with Crippen LogP contribution >= 0.6 is 0 Å². The van der Waals surface area contributed by atoms with E-state index in [0.717, 1.165) is 0 Å². The second-order valence-electron chi connectivity index (χ2n) is 6.65. The number of hydrogen-bond donors (Lipinski definition) is 0. The van der Waals surface area contributed by atoms with Gasteiger partial charge in [-0.25, -0.2) is 4.79 Å². The van der Waals surface area contributed by atoms with E-state index in [1.807, 2.05) is 0 Å². The predicted octanol–water partition coefficient (Wildman–Crippen LogP) is 2.89. The zero-order valence-electron chi connectivity index (χ0n) is 15.0. The molecule has 1 aromatic carbocycles. The molecule has 0 N–H and O–H groups in total. The first-order valence-electron chi connectivity index (χ1n) is 8.35. The van der Waals surface area contributed by atoms with Gasteiger partial charge in [0.15, 0.2) is 12.2 Å². The second-order valence-corrected chi connectivity index (χ2v) is 6.65. The molecule has 0 bridgehead atoms. The molecule has 1 aliphatic rings.